The highest BCUT2D eigenvalue weighted by Gasteiger charge is 2.14. The average molecular weight is 303 g/mol. The molecule has 0 atom stereocenters. The van der Waals surface area contributed by atoms with E-state index >= 15 is 0 Å². The molecule has 0 saturated carbocycles. The smallest absolute Gasteiger partial charge is 0.240 e. The first-order chi connectivity index (χ1) is 8.58. The van der Waals surface area contributed by atoms with Crippen LogP contribution in [-0.2, 0) is 10.0 Å². The van der Waals surface area contributed by atoms with E-state index in [0.717, 1.165) is 30.6 Å². The van der Waals surface area contributed by atoms with Crippen LogP contribution in [0, 0.1) is 6.92 Å². The molecule has 1 aliphatic heterocycles. The molecule has 4 nitrogen and oxygen atoms in total. The highest BCUT2D eigenvalue weighted by Crippen LogP contribution is 2.11. The minimum atomic E-state index is -3.39. The molecule has 0 amide bonds. The molecule has 1 aromatic carbocycles. The van der Waals surface area contributed by atoms with Crippen LogP contribution in [0.2, 0.25) is 0 Å². The average Bonchev–Trinajstić information content (AvgIpc) is 2.38. The number of halogens is 1. The molecule has 0 saturated heterocycles. The van der Waals surface area contributed by atoms with Gasteiger partial charge in [0.1, 0.15) is 0 Å². The molecule has 106 valence electrons. The number of benzene rings is 1. The van der Waals surface area contributed by atoms with Gasteiger partial charge in [-0.25, -0.2) is 13.1 Å². The minimum Gasteiger partial charge on any atom is -0.313 e. The largest absolute Gasteiger partial charge is 0.313 e. The highest BCUT2D eigenvalue weighted by molar-refractivity contribution is 7.89. The van der Waals surface area contributed by atoms with E-state index in [1.54, 1.807) is 18.2 Å². The van der Waals surface area contributed by atoms with Crippen molar-refractivity contribution < 1.29 is 8.42 Å². The van der Waals surface area contributed by atoms with Crippen LogP contribution in [0.1, 0.15) is 12.0 Å². The summed E-state index contributed by atoms with van der Waals surface area (Å²) in [7, 11) is -3.39. The van der Waals surface area contributed by atoms with Crippen molar-refractivity contribution in [2.75, 3.05) is 19.6 Å². The molecular weight excluding hydrogens is 284 g/mol. The molecule has 2 N–H and O–H groups in total. The van der Waals surface area contributed by atoms with Gasteiger partial charge in [-0.3, -0.25) is 0 Å². The predicted molar refractivity (Wildman–Crippen MR) is 79.2 cm³/mol. The third kappa shape index (κ3) is 4.62. The van der Waals surface area contributed by atoms with Gasteiger partial charge in [0.05, 0.1) is 4.90 Å². The van der Waals surface area contributed by atoms with Crippen LogP contribution in [0.3, 0.4) is 0 Å². The van der Waals surface area contributed by atoms with Crippen molar-refractivity contribution in [3.05, 3.63) is 41.5 Å². The summed E-state index contributed by atoms with van der Waals surface area (Å²) < 4.78 is 26.8. The first-order valence-electron chi connectivity index (χ1n) is 6.03. The second-order valence-electron chi connectivity index (χ2n) is 4.46. The summed E-state index contributed by atoms with van der Waals surface area (Å²) in [6.07, 6.45) is 2.94. The minimum absolute atomic E-state index is 0. The van der Waals surface area contributed by atoms with Crippen LogP contribution < -0.4 is 10.0 Å². The van der Waals surface area contributed by atoms with Gasteiger partial charge >= 0.3 is 0 Å². The van der Waals surface area contributed by atoms with Crippen molar-refractivity contribution in [1.29, 1.82) is 0 Å². The van der Waals surface area contributed by atoms with Crippen molar-refractivity contribution in [1.82, 2.24) is 10.0 Å². The van der Waals surface area contributed by atoms with E-state index in [4.69, 9.17) is 0 Å². The Morgan fingerprint density at radius 3 is 2.79 bits per heavy atom. The maximum atomic E-state index is 12.1. The SMILES string of the molecule is Cc1cccc(S(=O)(=O)NCC2=CCNCC2)c1.Cl. The Kier molecular flexibility index (Phi) is 6.00. The molecule has 1 heterocycles. The van der Waals surface area contributed by atoms with Crippen molar-refractivity contribution >= 4 is 22.4 Å². The van der Waals surface area contributed by atoms with Gasteiger partial charge in [-0.1, -0.05) is 23.8 Å². The van der Waals surface area contributed by atoms with Gasteiger partial charge in [0.2, 0.25) is 10.0 Å². The summed E-state index contributed by atoms with van der Waals surface area (Å²) in [5, 5.41) is 3.20. The lowest BCUT2D eigenvalue weighted by Gasteiger charge is -2.14. The Morgan fingerprint density at radius 2 is 2.16 bits per heavy atom. The third-order valence-corrected chi connectivity index (χ3v) is 4.35. The van der Waals surface area contributed by atoms with Gasteiger partial charge in [-0.15, -0.1) is 12.4 Å². The number of aryl methyl sites for hydroxylation is 1. The molecule has 1 aromatic rings. The van der Waals surface area contributed by atoms with Crippen LogP contribution in [0.15, 0.2) is 40.8 Å². The quantitative estimate of drug-likeness (QED) is 0.831. The number of hydrogen-bond donors (Lipinski definition) is 2. The Labute approximate surface area is 120 Å². The van der Waals surface area contributed by atoms with E-state index in [1.165, 1.54) is 0 Å². The third-order valence-electron chi connectivity index (χ3n) is 2.95. The lowest BCUT2D eigenvalue weighted by Crippen LogP contribution is -2.29. The van der Waals surface area contributed by atoms with Crippen molar-refractivity contribution in [3.63, 3.8) is 0 Å². The summed E-state index contributed by atoms with van der Waals surface area (Å²) >= 11 is 0. The predicted octanol–water partition coefficient (Wildman–Crippen LogP) is 1.61. The number of rotatable bonds is 4. The number of nitrogens with one attached hydrogen (secondary N) is 2. The van der Waals surface area contributed by atoms with E-state index in [-0.39, 0.29) is 12.4 Å². The molecule has 0 bridgehead atoms. The standard InChI is InChI=1S/C13H18N2O2S.ClH/c1-11-3-2-4-13(9-11)18(16,17)15-10-12-5-7-14-8-6-12;/h2-5,9,14-15H,6-8,10H2,1H3;1H. The molecule has 0 aliphatic carbocycles. The molecular formula is C13H19ClN2O2S. The Morgan fingerprint density at radius 1 is 1.37 bits per heavy atom. The summed E-state index contributed by atoms with van der Waals surface area (Å²) in [5.74, 6) is 0. The van der Waals surface area contributed by atoms with Gasteiger partial charge < -0.3 is 5.32 Å². The maximum Gasteiger partial charge on any atom is 0.240 e. The summed E-state index contributed by atoms with van der Waals surface area (Å²) in [6, 6.07) is 6.94. The van der Waals surface area contributed by atoms with Gasteiger partial charge in [0.15, 0.2) is 0 Å². The molecule has 0 spiro atoms. The van der Waals surface area contributed by atoms with Gasteiger partial charge in [0.25, 0.3) is 0 Å². The normalized spacial score (nSPS) is 15.5. The van der Waals surface area contributed by atoms with Crippen molar-refractivity contribution in [2.24, 2.45) is 0 Å². The lowest BCUT2D eigenvalue weighted by atomic mass is 10.1. The molecule has 6 heteroatoms. The van der Waals surface area contributed by atoms with E-state index < -0.39 is 10.0 Å². The highest BCUT2D eigenvalue weighted by atomic mass is 35.5. The van der Waals surface area contributed by atoms with Crippen molar-refractivity contribution in [3.8, 4) is 0 Å². The van der Waals surface area contributed by atoms with E-state index in [0.29, 0.717) is 11.4 Å². The Balaban J connectivity index is 0.00000180. The van der Waals surface area contributed by atoms with E-state index in [9.17, 15) is 8.42 Å². The van der Waals surface area contributed by atoms with Crippen LogP contribution in [-0.4, -0.2) is 28.1 Å². The topological polar surface area (TPSA) is 58.2 Å². The second-order valence-corrected chi connectivity index (χ2v) is 6.22. The summed E-state index contributed by atoms with van der Waals surface area (Å²) in [4.78, 5) is 0.331. The second kappa shape index (κ2) is 7.05. The molecule has 0 radical (unpaired) electrons. The van der Waals surface area contributed by atoms with Crippen LogP contribution in [0.5, 0.6) is 0 Å². The van der Waals surface area contributed by atoms with Crippen LogP contribution in [0.4, 0.5) is 0 Å². The van der Waals surface area contributed by atoms with Gasteiger partial charge in [-0.2, -0.15) is 0 Å². The summed E-state index contributed by atoms with van der Waals surface area (Å²) in [6.45, 7) is 4.02. The molecule has 0 aromatic heterocycles. The monoisotopic (exact) mass is 302 g/mol. The maximum absolute atomic E-state index is 12.1. The van der Waals surface area contributed by atoms with Crippen LogP contribution in [0.25, 0.3) is 0 Å². The fourth-order valence-corrected chi connectivity index (χ4v) is 3.02. The van der Waals surface area contributed by atoms with Crippen LogP contribution >= 0.6 is 12.4 Å². The zero-order valence-corrected chi connectivity index (χ0v) is 12.5. The molecule has 19 heavy (non-hydrogen) atoms. The molecule has 1 aliphatic rings. The first kappa shape index (κ1) is 16.2. The lowest BCUT2D eigenvalue weighted by molar-refractivity contribution is 0.582. The Hall–Kier alpha value is -0.880. The van der Waals surface area contributed by atoms with E-state index in [1.807, 2.05) is 19.1 Å². The molecule has 2 rings (SSSR count). The molecule has 0 unspecified atom stereocenters. The van der Waals surface area contributed by atoms with Gasteiger partial charge in [-0.05, 0) is 37.6 Å². The van der Waals surface area contributed by atoms with E-state index in [2.05, 4.69) is 10.0 Å². The summed E-state index contributed by atoms with van der Waals surface area (Å²) in [5.41, 5.74) is 2.09. The number of sulfonamides is 1. The Bertz CT molecular complexity index is 556. The fourth-order valence-electron chi connectivity index (χ4n) is 1.88. The zero-order valence-electron chi connectivity index (χ0n) is 10.8. The zero-order chi connectivity index (χ0) is 13.0. The van der Waals surface area contributed by atoms with Crippen molar-refractivity contribution in [2.45, 2.75) is 18.2 Å². The first-order valence-corrected chi connectivity index (χ1v) is 7.51. The number of hydrogen-bond acceptors (Lipinski definition) is 3. The molecule has 0 fully saturated rings. The van der Waals surface area contributed by atoms with Gasteiger partial charge in [0, 0.05) is 13.1 Å². The fraction of sp³-hybridized carbons (Fsp3) is 0.385.